The number of carbonyl (C=O) groups is 3. The second-order valence-corrected chi connectivity index (χ2v) is 7.32. The van der Waals surface area contributed by atoms with Crippen LogP contribution in [0.4, 0.5) is 11.4 Å². The summed E-state index contributed by atoms with van der Waals surface area (Å²) in [6.45, 7) is 1.92. The number of benzene rings is 2. The fourth-order valence-corrected chi connectivity index (χ4v) is 3.55. The van der Waals surface area contributed by atoms with E-state index in [4.69, 9.17) is 10.00 Å². The number of nitriles is 1. The molecule has 0 saturated carbocycles. The lowest BCUT2D eigenvalue weighted by atomic mass is 10.1. The maximum Gasteiger partial charge on any atom is 0.340 e. The van der Waals surface area contributed by atoms with Gasteiger partial charge in [0.05, 0.1) is 11.3 Å². The molecule has 3 rings (SSSR count). The summed E-state index contributed by atoms with van der Waals surface area (Å²) >= 11 is 1.04. The average molecular weight is 409 g/mol. The van der Waals surface area contributed by atoms with Gasteiger partial charge in [-0.05, 0) is 61.0 Å². The smallest absolute Gasteiger partial charge is 0.340 e. The Morgan fingerprint density at radius 1 is 1.28 bits per heavy atom. The second-order valence-electron chi connectivity index (χ2n) is 6.46. The zero-order chi connectivity index (χ0) is 20.8. The van der Waals surface area contributed by atoms with E-state index in [1.54, 1.807) is 47.4 Å². The number of carbonyl (C=O) groups excluding carboxylic acids is 3. The van der Waals surface area contributed by atoms with Crippen LogP contribution >= 0.6 is 11.8 Å². The third-order valence-electron chi connectivity index (χ3n) is 4.46. The Balaban J connectivity index is 1.62. The van der Waals surface area contributed by atoms with Crippen molar-refractivity contribution in [1.82, 2.24) is 0 Å². The monoisotopic (exact) mass is 409 g/mol. The highest BCUT2D eigenvalue weighted by Gasteiger charge is 2.26. The Kier molecular flexibility index (Phi) is 6.52. The SMILES string of the molecule is Cc1cc(SC#N)ccc1NC(=O)COC(=O)c1ccccc1N1CCCC1=O. The summed E-state index contributed by atoms with van der Waals surface area (Å²) < 4.78 is 5.16. The quantitative estimate of drug-likeness (QED) is 0.445. The summed E-state index contributed by atoms with van der Waals surface area (Å²) in [7, 11) is 0. The van der Waals surface area contributed by atoms with Gasteiger partial charge in [-0.15, -0.1) is 0 Å². The van der Waals surface area contributed by atoms with Crippen molar-refractivity contribution in [2.75, 3.05) is 23.4 Å². The fourth-order valence-electron chi connectivity index (χ4n) is 3.07. The van der Waals surface area contributed by atoms with Crippen LogP contribution in [0.1, 0.15) is 28.8 Å². The molecule has 7 nitrogen and oxygen atoms in total. The number of ether oxygens (including phenoxy) is 1. The van der Waals surface area contributed by atoms with Crippen LogP contribution in [-0.2, 0) is 14.3 Å². The maximum atomic E-state index is 12.5. The van der Waals surface area contributed by atoms with Gasteiger partial charge >= 0.3 is 5.97 Å². The lowest BCUT2D eigenvalue weighted by Crippen LogP contribution is -2.27. The molecule has 0 bridgehead atoms. The summed E-state index contributed by atoms with van der Waals surface area (Å²) in [5, 5.41) is 13.4. The molecule has 1 aliphatic rings. The third-order valence-corrected chi connectivity index (χ3v) is 5.04. The first kappa shape index (κ1) is 20.4. The lowest BCUT2D eigenvalue weighted by molar-refractivity contribution is -0.119. The van der Waals surface area contributed by atoms with Crippen molar-refractivity contribution in [3.8, 4) is 5.40 Å². The molecule has 148 valence electrons. The molecule has 8 heteroatoms. The molecule has 0 atom stereocenters. The number of nitrogens with one attached hydrogen (secondary N) is 1. The van der Waals surface area contributed by atoms with E-state index < -0.39 is 18.5 Å². The predicted octanol–water partition coefficient (Wildman–Crippen LogP) is 3.49. The Morgan fingerprint density at radius 3 is 2.76 bits per heavy atom. The number of thiocyanates is 1. The van der Waals surface area contributed by atoms with Crippen molar-refractivity contribution < 1.29 is 19.1 Å². The van der Waals surface area contributed by atoms with Gasteiger partial charge in [-0.3, -0.25) is 9.59 Å². The highest BCUT2D eigenvalue weighted by atomic mass is 32.2. The van der Waals surface area contributed by atoms with Crippen LogP contribution in [0.5, 0.6) is 0 Å². The van der Waals surface area contributed by atoms with Crippen molar-refractivity contribution in [2.24, 2.45) is 0 Å². The van der Waals surface area contributed by atoms with E-state index in [0.29, 0.717) is 24.3 Å². The number of anilines is 2. The molecule has 0 aliphatic carbocycles. The summed E-state index contributed by atoms with van der Waals surface area (Å²) in [6, 6.07) is 11.9. The average Bonchev–Trinajstić information content (AvgIpc) is 3.14. The zero-order valence-electron chi connectivity index (χ0n) is 15.8. The number of esters is 1. The minimum Gasteiger partial charge on any atom is -0.452 e. The van der Waals surface area contributed by atoms with Gasteiger partial charge in [-0.1, -0.05) is 12.1 Å². The second kappa shape index (κ2) is 9.26. The number of nitrogens with zero attached hydrogens (tertiary/aromatic N) is 2. The number of rotatable bonds is 6. The largest absolute Gasteiger partial charge is 0.452 e. The lowest BCUT2D eigenvalue weighted by Gasteiger charge is -2.18. The molecule has 2 aromatic carbocycles. The molecule has 1 fully saturated rings. The first-order chi connectivity index (χ1) is 14.0. The van der Waals surface area contributed by atoms with Crippen LogP contribution in [0.2, 0.25) is 0 Å². The third kappa shape index (κ3) is 4.95. The number of thioether (sulfide) groups is 1. The number of hydrogen-bond donors (Lipinski definition) is 1. The first-order valence-electron chi connectivity index (χ1n) is 9.02. The van der Waals surface area contributed by atoms with Gasteiger partial charge in [0.25, 0.3) is 5.91 Å². The van der Waals surface area contributed by atoms with Crippen LogP contribution in [0.15, 0.2) is 47.4 Å². The number of amides is 2. The van der Waals surface area contributed by atoms with Crippen LogP contribution in [0.25, 0.3) is 0 Å². The number of aryl methyl sites for hydroxylation is 1. The molecular formula is C21H19N3O4S. The zero-order valence-corrected chi connectivity index (χ0v) is 16.6. The molecule has 0 unspecified atom stereocenters. The summed E-state index contributed by atoms with van der Waals surface area (Å²) in [6.07, 6.45) is 1.20. The summed E-state index contributed by atoms with van der Waals surface area (Å²) in [5.74, 6) is -1.17. The maximum absolute atomic E-state index is 12.5. The summed E-state index contributed by atoms with van der Waals surface area (Å²) in [4.78, 5) is 39.0. The van der Waals surface area contributed by atoms with E-state index >= 15 is 0 Å². The predicted molar refractivity (Wildman–Crippen MR) is 110 cm³/mol. The molecule has 29 heavy (non-hydrogen) atoms. The minimum absolute atomic E-state index is 0.0310. The molecule has 1 saturated heterocycles. The molecule has 0 spiro atoms. The summed E-state index contributed by atoms with van der Waals surface area (Å²) in [5.41, 5.74) is 2.13. The Hall–Kier alpha value is -3.31. The van der Waals surface area contributed by atoms with Crippen molar-refractivity contribution in [1.29, 1.82) is 5.26 Å². The van der Waals surface area contributed by atoms with Crippen molar-refractivity contribution in [3.05, 3.63) is 53.6 Å². The molecule has 0 radical (unpaired) electrons. The number of para-hydroxylation sites is 1. The Morgan fingerprint density at radius 2 is 2.07 bits per heavy atom. The molecule has 2 amide bonds. The van der Waals surface area contributed by atoms with Crippen LogP contribution in [0, 0.1) is 17.6 Å². The van der Waals surface area contributed by atoms with Gasteiger partial charge in [0.1, 0.15) is 5.40 Å². The molecule has 1 N–H and O–H groups in total. The minimum atomic E-state index is -0.659. The van der Waals surface area contributed by atoms with Gasteiger partial charge in [0.15, 0.2) is 6.61 Å². The molecule has 2 aromatic rings. The highest BCUT2D eigenvalue weighted by Crippen LogP contribution is 2.26. The van der Waals surface area contributed by atoms with Crippen molar-refractivity contribution in [2.45, 2.75) is 24.7 Å². The van der Waals surface area contributed by atoms with E-state index in [0.717, 1.165) is 28.6 Å². The normalized spacial score (nSPS) is 13.1. The van der Waals surface area contributed by atoms with E-state index in [2.05, 4.69) is 5.32 Å². The molecule has 1 aliphatic heterocycles. The molecule has 0 aromatic heterocycles. The first-order valence-corrected chi connectivity index (χ1v) is 9.84. The highest BCUT2D eigenvalue weighted by molar-refractivity contribution is 8.03. The number of hydrogen-bond acceptors (Lipinski definition) is 6. The van der Waals surface area contributed by atoms with Crippen molar-refractivity contribution >= 4 is 40.9 Å². The van der Waals surface area contributed by atoms with Gasteiger partial charge in [0.2, 0.25) is 5.91 Å². The van der Waals surface area contributed by atoms with E-state index in [1.807, 2.05) is 12.3 Å². The van der Waals surface area contributed by atoms with Gasteiger partial charge in [0, 0.05) is 23.5 Å². The Bertz CT molecular complexity index is 1000. The van der Waals surface area contributed by atoms with Gasteiger partial charge in [-0.25, -0.2) is 4.79 Å². The van der Waals surface area contributed by atoms with Crippen molar-refractivity contribution in [3.63, 3.8) is 0 Å². The van der Waals surface area contributed by atoms with Crippen LogP contribution in [-0.4, -0.2) is 30.9 Å². The van der Waals surface area contributed by atoms with E-state index in [-0.39, 0.29) is 11.5 Å². The topological polar surface area (TPSA) is 99.5 Å². The molecular weight excluding hydrogens is 390 g/mol. The Labute approximate surface area is 172 Å². The standard InChI is InChI=1S/C21H19N3O4S/c1-14-11-15(29-13-22)8-9-17(14)23-19(25)12-28-21(27)16-5-2-3-6-18(16)24-10-4-7-20(24)26/h2-3,5-6,8-9,11H,4,7,10,12H2,1H3,(H,23,25). The van der Waals surface area contributed by atoms with E-state index in [9.17, 15) is 14.4 Å². The molecule has 1 heterocycles. The fraction of sp³-hybridized carbons (Fsp3) is 0.238. The van der Waals surface area contributed by atoms with Crippen LogP contribution in [0.3, 0.4) is 0 Å². The van der Waals surface area contributed by atoms with E-state index in [1.165, 1.54) is 0 Å². The van der Waals surface area contributed by atoms with Crippen LogP contribution < -0.4 is 10.2 Å². The van der Waals surface area contributed by atoms with Gasteiger partial charge in [-0.2, -0.15) is 5.26 Å². The van der Waals surface area contributed by atoms with Gasteiger partial charge < -0.3 is 15.0 Å².